The van der Waals surface area contributed by atoms with Gasteiger partial charge in [0.25, 0.3) is 0 Å². The Balaban J connectivity index is 1.70. The molecule has 0 bridgehead atoms. The summed E-state index contributed by atoms with van der Waals surface area (Å²) in [5, 5.41) is 10.4. The molecule has 0 saturated heterocycles. The van der Waals surface area contributed by atoms with E-state index in [0.29, 0.717) is 18.5 Å². The first kappa shape index (κ1) is 15.4. The van der Waals surface area contributed by atoms with E-state index in [0.717, 1.165) is 10.6 Å². The molecule has 0 spiro atoms. The predicted octanol–water partition coefficient (Wildman–Crippen LogP) is 3.05. The van der Waals surface area contributed by atoms with Crippen LogP contribution in [0, 0.1) is 5.82 Å². The van der Waals surface area contributed by atoms with E-state index >= 15 is 0 Å². The van der Waals surface area contributed by atoms with Crippen molar-refractivity contribution in [1.82, 2.24) is 10.3 Å². The van der Waals surface area contributed by atoms with Crippen LogP contribution in [0.2, 0.25) is 0 Å². The van der Waals surface area contributed by atoms with Gasteiger partial charge in [-0.1, -0.05) is 0 Å². The quantitative estimate of drug-likeness (QED) is 0.807. The van der Waals surface area contributed by atoms with Gasteiger partial charge in [0.2, 0.25) is 5.91 Å². The average Bonchev–Trinajstić information content (AvgIpc) is 3.02. The lowest BCUT2D eigenvalue weighted by atomic mass is 10.0. The number of amides is 3. The summed E-state index contributed by atoms with van der Waals surface area (Å²) in [5.41, 5.74) is 1.35. The molecule has 2 heterocycles. The van der Waals surface area contributed by atoms with Crippen molar-refractivity contribution in [3.8, 4) is 0 Å². The highest BCUT2D eigenvalue weighted by atomic mass is 32.1. The molecule has 0 aliphatic carbocycles. The van der Waals surface area contributed by atoms with Crippen molar-refractivity contribution >= 4 is 34.6 Å². The molecule has 23 heavy (non-hydrogen) atoms. The van der Waals surface area contributed by atoms with Crippen molar-refractivity contribution < 1.29 is 14.0 Å². The van der Waals surface area contributed by atoms with Crippen LogP contribution >= 0.6 is 11.3 Å². The summed E-state index contributed by atoms with van der Waals surface area (Å²) >= 11 is 1.43. The maximum Gasteiger partial charge on any atom is 0.319 e. The van der Waals surface area contributed by atoms with Gasteiger partial charge in [-0.05, 0) is 31.0 Å². The molecule has 1 atom stereocenters. The Morgan fingerprint density at radius 1 is 1.43 bits per heavy atom. The molecule has 1 aliphatic rings. The van der Waals surface area contributed by atoms with Gasteiger partial charge in [-0.15, -0.1) is 11.3 Å². The zero-order chi connectivity index (χ0) is 16.4. The van der Waals surface area contributed by atoms with E-state index in [4.69, 9.17) is 0 Å². The first-order valence-electron chi connectivity index (χ1n) is 7.12. The van der Waals surface area contributed by atoms with Gasteiger partial charge in [-0.3, -0.25) is 4.79 Å². The van der Waals surface area contributed by atoms with Crippen molar-refractivity contribution in [3.05, 3.63) is 40.1 Å². The largest absolute Gasteiger partial charge is 0.329 e. The van der Waals surface area contributed by atoms with E-state index in [9.17, 15) is 14.0 Å². The first-order valence-corrected chi connectivity index (χ1v) is 8.00. The van der Waals surface area contributed by atoms with Crippen molar-refractivity contribution in [2.75, 3.05) is 10.6 Å². The van der Waals surface area contributed by atoms with Gasteiger partial charge in [-0.2, -0.15) is 0 Å². The third-order valence-corrected chi connectivity index (χ3v) is 4.46. The van der Waals surface area contributed by atoms with E-state index in [2.05, 4.69) is 20.9 Å². The number of aryl methyl sites for hydroxylation is 1. The van der Waals surface area contributed by atoms with E-state index in [1.165, 1.54) is 17.4 Å². The van der Waals surface area contributed by atoms with Crippen molar-refractivity contribution in [2.24, 2.45) is 0 Å². The van der Waals surface area contributed by atoms with Gasteiger partial charge in [-0.25, -0.2) is 14.2 Å². The van der Waals surface area contributed by atoms with E-state index < -0.39 is 11.8 Å². The number of halogens is 1. The van der Waals surface area contributed by atoms with Gasteiger partial charge in [0.05, 0.1) is 11.7 Å². The van der Waals surface area contributed by atoms with Crippen LogP contribution in [0.15, 0.2) is 23.7 Å². The second-order valence-corrected chi connectivity index (χ2v) is 6.15. The monoisotopic (exact) mass is 334 g/mol. The standard InChI is InChI=1S/C15H15FN4O2S/c1-8(14-17-4-5-23-14)18-15(22)20-12-6-9-2-3-13(21)19-11(9)7-10(12)16/h4-8H,2-3H2,1H3,(H,19,21)(H2,18,20,22)/t8-/m1/s1. The topological polar surface area (TPSA) is 83.1 Å². The zero-order valence-corrected chi connectivity index (χ0v) is 13.2. The molecule has 120 valence electrons. The Hall–Kier alpha value is -2.48. The first-order chi connectivity index (χ1) is 11.0. The van der Waals surface area contributed by atoms with Crippen LogP contribution in [-0.4, -0.2) is 16.9 Å². The summed E-state index contributed by atoms with van der Waals surface area (Å²) in [7, 11) is 0. The average molecular weight is 334 g/mol. The lowest BCUT2D eigenvalue weighted by Gasteiger charge is -2.19. The summed E-state index contributed by atoms with van der Waals surface area (Å²) in [4.78, 5) is 27.4. The number of carbonyl (C=O) groups is 2. The van der Waals surface area contributed by atoms with Crippen LogP contribution in [0.3, 0.4) is 0 Å². The molecular weight excluding hydrogens is 319 g/mol. The van der Waals surface area contributed by atoms with Gasteiger partial charge in [0.1, 0.15) is 10.8 Å². The normalized spacial score (nSPS) is 14.6. The Bertz CT molecular complexity index is 748. The SMILES string of the molecule is C[C@@H](NC(=O)Nc1cc2c(cc1F)NC(=O)CC2)c1nccs1. The molecular formula is C15H15FN4O2S. The highest BCUT2D eigenvalue weighted by Gasteiger charge is 2.19. The van der Waals surface area contributed by atoms with E-state index in [1.54, 1.807) is 19.2 Å². The summed E-state index contributed by atoms with van der Waals surface area (Å²) in [6.07, 6.45) is 2.53. The molecule has 6 nitrogen and oxygen atoms in total. The smallest absolute Gasteiger partial charge is 0.319 e. The Morgan fingerprint density at radius 3 is 3.00 bits per heavy atom. The molecule has 8 heteroatoms. The molecule has 1 aromatic heterocycles. The van der Waals surface area contributed by atoms with Crippen LogP contribution < -0.4 is 16.0 Å². The van der Waals surface area contributed by atoms with Crippen molar-refractivity contribution in [2.45, 2.75) is 25.8 Å². The number of fused-ring (bicyclic) bond motifs is 1. The van der Waals surface area contributed by atoms with Crippen molar-refractivity contribution in [3.63, 3.8) is 0 Å². The molecule has 1 aromatic carbocycles. The molecule has 3 amide bonds. The second kappa shape index (κ2) is 6.33. The molecule has 2 aromatic rings. The van der Waals surface area contributed by atoms with Crippen LogP contribution in [0.25, 0.3) is 0 Å². The third kappa shape index (κ3) is 3.48. The predicted molar refractivity (Wildman–Crippen MR) is 86.0 cm³/mol. The van der Waals surface area contributed by atoms with Crippen LogP contribution in [-0.2, 0) is 11.2 Å². The minimum Gasteiger partial charge on any atom is -0.329 e. The summed E-state index contributed by atoms with van der Waals surface area (Å²) in [5.74, 6) is -0.726. The van der Waals surface area contributed by atoms with Crippen LogP contribution in [0.5, 0.6) is 0 Å². The fourth-order valence-corrected chi connectivity index (χ4v) is 3.01. The Morgan fingerprint density at radius 2 is 2.26 bits per heavy atom. The summed E-state index contributed by atoms with van der Waals surface area (Å²) < 4.78 is 14.1. The fraction of sp³-hybridized carbons (Fsp3) is 0.267. The molecule has 0 unspecified atom stereocenters. The number of aromatic nitrogens is 1. The molecule has 0 saturated carbocycles. The highest BCUT2D eigenvalue weighted by molar-refractivity contribution is 7.09. The maximum absolute atomic E-state index is 14.1. The number of nitrogens with zero attached hydrogens (tertiary/aromatic N) is 1. The van der Waals surface area contributed by atoms with Gasteiger partial charge >= 0.3 is 6.03 Å². The van der Waals surface area contributed by atoms with Crippen LogP contribution in [0.4, 0.5) is 20.6 Å². The zero-order valence-electron chi connectivity index (χ0n) is 12.4. The van der Waals surface area contributed by atoms with Crippen LogP contribution in [0.1, 0.15) is 30.0 Å². The number of hydrogen-bond acceptors (Lipinski definition) is 4. The lowest BCUT2D eigenvalue weighted by molar-refractivity contribution is -0.116. The number of hydrogen-bond donors (Lipinski definition) is 3. The molecule has 1 aliphatic heterocycles. The van der Waals surface area contributed by atoms with Gasteiger partial charge < -0.3 is 16.0 Å². The molecule has 0 radical (unpaired) electrons. The number of benzene rings is 1. The minimum atomic E-state index is -0.594. The summed E-state index contributed by atoms with van der Waals surface area (Å²) in [6.45, 7) is 1.80. The van der Waals surface area contributed by atoms with Gasteiger partial charge in [0.15, 0.2) is 0 Å². The minimum absolute atomic E-state index is 0.0868. The fourth-order valence-electron chi connectivity index (χ4n) is 2.36. The number of nitrogens with one attached hydrogen (secondary N) is 3. The number of urea groups is 1. The number of anilines is 2. The number of thiazole rings is 1. The third-order valence-electron chi connectivity index (χ3n) is 3.51. The molecule has 0 fully saturated rings. The number of carbonyl (C=O) groups excluding carboxylic acids is 2. The lowest BCUT2D eigenvalue weighted by Crippen LogP contribution is -2.31. The maximum atomic E-state index is 14.1. The molecule has 3 rings (SSSR count). The second-order valence-electron chi connectivity index (χ2n) is 5.23. The van der Waals surface area contributed by atoms with E-state index in [-0.39, 0.29) is 17.6 Å². The molecule has 3 N–H and O–H groups in total. The van der Waals surface area contributed by atoms with Crippen molar-refractivity contribution in [1.29, 1.82) is 0 Å². The summed E-state index contributed by atoms with van der Waals surface area (Å²) in [6, 6.07) is 2.01. The Labute approximate surface area is 136 Å². The number of rotatable bonds is 3. The van der Waals surface area contributed by atoms with Gasteiger partial charge in [0, 0.05) is 23.7 Å². The van der Waals surface area contributed by atoms with E-state index in [1.807, 2.05) is 5.38 Å². The highest BCUT2D eigenvalue weighted by Crippen LogP contribution is 2.28. The Kier molecular flexibility index (Phi) is 4.24.